The summed E-state index contributed by atoms with van der Waals surface area (Å²) in [6.07, 6.45) is 8.44. The molecule has 0 amide bonds. The lowest BCUT2D eigenvalue weighted by molar-refractivity contribution is -0.140. The molecule has 0 aromatic carbocycles. The topological polar surface area (TPSA) is 52.6 Å². The van der Waals surface area contributed by atoms with Gasteiger partial charge in [-0.05, 0) is 38.6 Å². The summed E-state index contributed by atoms with van der Waals surface area (Å²) in [7, 11) is 0. The van der Waals surface area contributed by atoms with Crippen LogP contribution in [0.5, 0.6) is 0 Å². The summed E-state index contributed by atoms with van der Waals surface area (Å²) >= 11 is 0. The molecule has 1 saturated heterocycles. The van der Waals surface area contributed by atoms with Crippen molar-refractivity contribution >= 4 is 5.97 Å². The summed E-state index contributed by atoms with van der Waals surface area (Å²) in [6, 6.07) is 0.651. The van der Waals surface area contributed by atoms with Crippen LogP contribution in [0.1, 0.15) is 51.9 Å². The number of carbonyl (C=O) groups is 1. The standard InChI is InChI=1S/C14H26N2O2/c1-2-12-6-4-3-5-9-16(12)10-13(14(17)18)15-11-7-8-11/h11-13,15H,2-10H2,1H3,(H,17,18). The summed E-state index contributed by atoms with van der Waals surface area (Å²) in [4.78, 5) is 13.7. The highest BCUT2D eigenvalue weighted by molar-refractivity contribution is 5.73. The van der Waals surface area contributed by atoms with E-state index in [1.807, 2.05) is 0 Å². The first-order valence-electron chi connectivity index (χ1n) is 7.43. The van der Waals surface area contributed by atoms with Crippen LogP contribution >= 0.6 is 0 Å². The molecule has 1 aliphatic carbocycles. The van der Waals surface area contributed by atoms with E-state index in [2.05, 4.69) is 17.1 Å². The van der Waals surface area contributed by atoms with Crippen LogP contribution in [0.2, 0.25) is 0 Å². The maximum Gasteiger partial charge on any atom is 0.322 e. The summed E-state index contributed by atoms with van der Waals surface area (Å²) in [6.45, 7) is 3.95. The van der Waals surface area contributed by atoms with Gasteiger partial charge in [-0.1, -0.05) is 19.8 Å². The van der Waals surface area contributed by atoms with Crippen molar-refractivity contribution in [3.63, 3.8) is 0 Å². The molecule has 1 saturated carbocycles. The third-order valence-corrected chi connectivity index (χ3v) is 4.20. The molecule has 0 radical (unpaired) electrons. The van der Waals surface area contributed by atoms with Crippen molar-refractivity contribution in [2.24, 2.45) is 0 Å². The Morgan fingerprint density at radius 3 is 2.72 bits per heavy atom. The van der Waals surface area contributed by atoms with Crippen LogP contribution < -0.4 is 5.32 Å². The van der Waals surface area contributed by atoms with Gasteiger partial charge in [0.05, 0.1) is 0 Å². The fourth-order valence-electron chi connectivity index (χ4n) is 2.91. The van der Waals surface area contributed by atoms with Crippen LogP contribution in [0.3, 0.4) is 0 Å². The second kappa shape index (κ2) is 6.53. The van der Waals surface area contributed by atoms with Crippen LogP contribution in [-0.4, -0.2) is 47.2 Å². The van der Waals surface area contributed by atoms with Crippen LogP contribution in [0.15, 0.2) is 0 Å². The number of aliphatic carboxylic acids is 1. The van der Waals surface area contributed by atoms with Crippen molar-refractivity contribution in [2.45, 2.75) is 70.0 Å². The van der Waals surface area contributed by atoms with Gasteiger partial charge in [0.25, 0.3) is 0 Å². The Kier molecular flexibility index (Phi) is 5.01. The van der Waals surface area contributed by atoms with Crippen LogP contribution in [-0.2, 0) is 4.79 Å². The first kappa shape index (κ1) is 13.8. The van der Waals surface area contributed by atoms with Crippen LogP contribution in [0.4, 0.5) is 0 Å². The Morgan fingerprint density at radius 2 is 2.11 bits per heavy atom. The predicted molar refractivity (Wildman–Crippen MR) is 71.7 cm³/mol. The smallest absolute Gasteiger partial charge is 0.322 e. The lowest BCUT2D eigenvalue weighted by atomic mass is 10.1. The monoisotopic (exact) mass is 254 g/mol. The number of nitrogens with zero attached hydrogens (tertiary/aromatic N) is 1. The van der Waals surface area contributed by atoms with E-state index in [0.717, 1.165) is 25.8 Å². The van der Waals surface area contributed by atoms with Gasteiger partial charge in [0.1, 0.15) is 6.04 Å². The molecule has 4 nitrogen and oxygen atoms in total. The fourth-order valence-corrected chi connectivity index (χ4v) is 2.91. The van der Waals surface area contributed by atoms with E-state index >= 15 is 0 Å². The van der Waals surface area contributed by atoms with Gasteiger partial charge in [0.15, 0.2) is 0 Å². The van der Waals surface area contributed by atoms with Crippen molar-refractivity contribution in [1.82, 2.24) is 10.2 Å². The molecular weight excluding hydrogens is 228 g/mol. The zero-order chi connectivity index (χ0) is 13.0. The number of hydrogen-bond acceptors (Lipinski definition) is 3. The average molecular weight is 254 g/mol. The number of carboxylic acids is 1. The van der Waals surface area contributed by atoms with Crippen molar-refractivity contribution < 1.29 is 9.90 Å². The maximum atomic E-state index is 11.3. The van der Waals surface area contributed by atoms with E-state index in [0.29, 0.717) is 18.6 Å². The summed E-state index contributed by atoms with van der Waals surface area (Å²) in [5.74, 6) is -0.694. The first-order valence-corrected chi connectivity index (χ1v) is 7.43. The molecule has 2 rings (SSSR count). The molecule has 2 atom stereocenters. The van der Waals surface area contributed by atoms with Gasteiger partial charge in [0.2, 0.25) is 0 Å². The molecule has 0 spiro atoms. The lowest BCUT2D eigenvalue weighted by Gasteiger charge is -2.31. The number of nitrogens with one attached hydrogen (secondary N) is 1. The molecule has 0 aromatic heterocycles. The Labute approximate surface area is 110 Å². The van der Waals surface area contributed by atoms with Gasteiger partial charge in [-0.25, -0.2) is 0 Å². The molecular formula is C14H26N2O2. The van der Waals surface area contributed by atoms with E-state index in [1.165, 1.54) is 25.7 Å². The quantitative estimate of drug-likeness (QED) is 0.759. The zero-order valence-corrected chi connectivity index (χ0v) is 11.4. The summed E-state index contributed by atoms with van der Waals surface area (Å²) in [5.41, 5.74) is 0. The van der Waals surface area contributed by atoms with Crippen molar-refractivity contribution in [2.75, 3.05) is 13.1 Å². The average Bonchev–Trinajstić information content (AvgIpc) is 3.15. The fraction of sp³-hybridized carbons (Fsp3) is 0.929. The molecule has 2 aliphatic rings. The molecule has 2 N–H and O–H groups in total. The Balaban J connectivity index is 1.91. The molecule has 0 bridgehead atoms. The number of hydrogen-bond donors (Lipinski definition) is 2. The molecule has 1 aliphatic heterocycles. The van der Waals surface area contributed by atoms with Crippen molar-refractivity contribution in [3.8, 4) is 0 Å². The third kappa shape index (κ3) is 3.95. The first-order chi connectivity index (χ1) is 8.70. The third-order valence-electron chi connectivity index (χ3n) is 4.20. The number of carboxylic acid groups (broad SMARTS) is 1. The minimum absolute atomic E-state index is 0.385. The maximum absolute atomic E-state index is 11.3. The van der Waals surface area contributed by atoms with Crippen molar-refractivity contribution in [3.05, 3.63) is 0 Å². The molecule has 18 heavy (non-hydrogen) atoms. The minimum atomic E-state index is -0.694. The molecule has 1 heterocycles. The minimum Gasteiger partial charge on any atom is -0.480 e. The Bertz CT molecular complexity index is 279. The molecule has 2 unspecified atom stereocenters. The van der Waals surface area contributed by atoms with Gasteiger partial charge in [0, 0.05) is 18.6 Å². The van der Waals surface area contributed by atoms with E-state index < -0.39 is 5.97 Å². The van der Waals surface area contributed by atoms with Gasteiger partial charge in [-0.15, -0.1) is 0 Å². The second-order valence-electron chi connectivity index (χ2n) is 5.74. The Morgan fingerprint density at radius 1 is 1.33 bits per heavy atom. The highest BCUT2D eigenvalue weighted by Gasteiger charge is 2.31. The Hall–Kier alpha value is -0.610. The van der Waals surface area contributed by atoms with Gasteiger partial charge in [-0.3, -0.25) is 9.69 Å². The number of rotatable bonds is 6. The van der Waals surface area contributed by atoms with Crippen LogP contribution in [0, 0.1) is 0 Å². The molecule has 104 valence electrons. The van der Waals surface area contributed by atoms with E-state index in [9.17, 15) is 9.90 Å². The van der Waals surface area contributed by atoms with E-state index in [-0.39, 0.29) is 6.04 Å². The molecule has 2 fully saturated rings. The van der Waals surface area contributed by atoms with E-state index in [1.54, 1.807) is 0 Å². The largest absolute Gasteiger partial charge is 0.480 e. The zero-order valence-electron chi connectivity index (χ0n) is 11.4. The predicted octanol–water partition coefficient (Wildman–Crippen LogP) is 1.85. The van der Waals surface area contributed by atoms with Crippen LogP contribution in [0.25, 0.3) is 0 Å². The molecule has 4 heteroatoms. The number of likely N-dealkylation sites (tertiary alicyclic amines) is 1. The highest BCUT2D eigenvalue weighted by atomic mass is 16.4. The second-order valence-corrected chi connectivity index (χ2v) is 5.74. The van der Waals surface area contributed by atoms with Gasteiger partial charge >= 0.3 is 5.97 Å². The highest BCUT2D eigenvalue weighted by Crippen LogP contribution is 2.22. The van der Waals surface area contributed by atoms with Gasteiger partial charge < -0.3 is 10.4 Å². The lowest BCUT2D eigenvalue weighted by Crippen LogP contribution is -2.49. The molecule has 0 aromatic rings. The normalized spacial score (nSPS) is 27.7. The summed E-state index contributed by atoms with van der Waals surface area (Å²) in [5, 5.41) is 12.6. The summed E-state index contributed by atoms with van der Waals surface area (Å²) < 4.78 is 0. The van der Waals surface area contributed by atoms with E-state index in [4.69, 9.17) is 0 Å². The van der Waals surface area contributed by atoms with Gasteiger partial charge in [-0.2, -0.15) is 0 Å². The van der Waals surface area contributed by atoms with Crippen molar-refractivity contribution in [1.29, 1.82) is 0 Å². The SMILES string of the molecule is CCC1CCCCCN1CC(NC1CC1)C(=O)O.